The monoisotopic (exact) mass is 454 g/mol. The van der Waals surface area contributed by atoms with Gasteiger partial charge in [-0.1, -0.05) is 6.07 Å². The third-order valence-corrected chi connectivity index (χ3v) is 5.23. The van der Waals surface area contributed by atoms with Gasteiger partial charge in [-0.25, -0.2) is 8.42 Å². The van der Waals surface area contributed by atoms with Crippen molar-refractivity contribution in [3.05, 3.63) is 64.2 Å². The minimum absolute atomic E-state index is 0.0711. The normalized spacial score (nSPS) is 14.9. The van der Waals surface area contributed by atoms with Gasteiger partial charge in [-0.05, 0) is 42.5 Å². The van der Waals surface area contributed by atoms with Crippen LogP contribution in [0.25, 0.3) is 5.57 Å². The quantitative estimate of drug-likeness (QED) is 0.529. The number of allylic oxidation sites excluding steroid dienone is 1. The molecule has 1 aliphatic rings. The van der Waals surface area contributed by atoms with Crippen molar-refractivity contribution < 1.29 is 21.6 Å². The summed E-state index contributed by atoms with van der Waals surface area (Å²) in [6.45, 7) is 0.586. The summed E-state index contributed by atoms with van der Waals surface area (Å²) in [6, 6.07) is 5.86. The van der Waals surface area contributed by atoms with E-state index >= 15 is 0 Å². The van der Waals surface area contributed by atoms with Crippen molar-refractivity contribution in [1.29, 1.82) is 5.41 Å². The van der Waals surface area contributed by atoms with Crippen molar-refractivity contribution in [2.75, 3.05) is 16.3 Å². The van der Waals surface area contributed by atoms with Crippen molar-refractivity contribution in [2.45, 2.75) is 25.6 Å². The number of sulfonamides is 1. The summed E-state index contributed by atoms with van der Waals surface area (Å²) in [7, 11) is -3.75. The molecule has 3 rings (SSSR count). The smallest absolute Gasteiger partial charge is 0.360 e. The van der Waals surface area contributed by atoms with E-state index in [2.05, 4.69) is 5.32 Å². The lowest BCUT2D eigenvalue weighted by Crippen LogP contribution is -2.19. The topological polar surface area (TPSA) is 104 Å². The van der Waals surface area contributed by atoms with E-state index < -0.39 is 21.8 Å². The maximum atomic E-state index is 13.6. The largest absolute Gasteiger partial charge is 0.417 e. The van der Waals surface area contributed by atoms with Gasteiger partial charge < -0.3 is 15.3 Å². The number of anilines is 2. The van der Waals surface area contributed by atoms with Crippen LogP contribution in [0.5, 0.6) is 0 Å². The Labute approximate surface area is 177 Å². The molecule has 1 aromatic heterocycles. The summed E-state index contributed by atoms with van der Waals surface area (Å²) in [6.07, 6.45) is 1.78. The van der Waals surface area contributed by atoms with E-state index in [1.165, 1.54) is 24.4 Å². The fraction of sp³-hybridized carbons (Fsp3) is 0.300. The van der Waals surface area contributed by atoms with Crippen LogP contribution in [0, 0.1) is 11.3 Å². The number of aromatic nitrogens is 1. The summed E-state index contributed by atoms with van der Waals surface area (Å²) < 4.78 is 67.1. The second kappa shape index (κ2) is 8.58. The zero-order valence-corrected chi connectivity index (χ0v) is 17.3. The predicted octanol–water partition coefficient (Wildman–Crippen LogP) is 3.75. The predicted molar refractivity (Wildman–Crippen MR) is 114 cm³/mol. The number of benzene rings is 1. The van der Waals surface area contributed by atoms with Gasteiger partial charge in [0.15, 0.2) is 0 Å². The van der Waals surface area contributed by atoms with Crippen LogP contribution in [0.3, 0.4) is 0 Å². The number of nitrogens with zero attached hydrogens (tertiary/aromatic N) is 1. The van der Waals surface area contributed by atoms with E-state index in [0.717, 1.165) is 31.4 Å². The zero-order chi connectivity index (χ0) is 22.8. The van der Waals surface area contributed by atoms with E-state index in [4.69, 9.17) is 5.41 Å². The molecule has 7 nitrogen and oxygen atoms in total. The highest BCUT2D eigenvalue weighted by Crippen LogP contribution is 2.36. The minimum Gasteiger partial charge on any atom is -0.360 e. The molecule has 3 N–H and O–H groups in total. The first kappa shape index (κ1) is 22.6. The zero-order valence-electron chi connectivity index (χ0n) is 16.5. The Morgan fingerprint density at radius 1 is 1.23 bits per heavy atom. The molecule has 11 heteroatoms. The lowest BCUT2D eigenvalue weighted by atomic mass is 9.99. The summed E-state index contributed by atoms with van der Waals surface area (Å²) >= 11 is 0. The maximum absolute atomic E-state index is 13.6. The third kappa shape index (κ3) is 6.20. The molecule has 1 saturated carbocycles. The maximum Gasteiger partial charge on any atom is 0.417 e. The third-order valence-electron chi connectivity index (χ3n) is 4.62. The molecule has 31 heavy (non-hydrogen) atoms. The van der Waals surface area contributed by atoms with Crippen molar-refractivity contribution in [3.8, 4) is 0 Å². The molecular weight excluding hydrogens is 433 g/mol. The van der Waals surface area contributed by atoms with Crippen LogP contribution in [-0.4, -0.2) is 25.5 Å². The highest BCUT2D eigenvalue weighted by molar-refractivity contribution is 7.92. The molecule has 0 unspecified atom stereocenters. The second-order valence-corrected chi connectivity index (χ2v) is 9.12. The Bertz CT molecular complexity index is 1180. The summed E-state index contributed by atoms with van der Waals surface area (Å²) in [5.74, 6) is 0.467. The van der Waals surface area contributed by atoms with Gasteiger partial charge in [0, 0.05) is 42.5 Å². The molecule has 0 amide bonds. The standard InChI is InChI=1S/C20H21F3N4O3S/c1-31(29,30)26-15-4-6-17(18(8-15)20(21,22)23)14(9-24)10-25-16-5-7-19(28)27(12-16)11-13-2-3-13/h4-10,12-13,24-26H,2-3,11H2,1H3/b14-10+,24-9?. The number of nitrogens with one attached hydrogen (secondary N) is 3. The molecule has 1 heterocycles. The van der Waals surface area contributed by atoms with E-state index in [9.17, 15) is 26.4 Å². The Kier molecular flexibility index (Phi) is 6.25. The first-order chi connectivity index (χ1) is 14.5. The second-order valence-electron chi connectivity index (χ2n) is 7.37. The van der Waals surface area contributed by atoms with Crippen LogP contribution in [0.1, 0.15) is 24.0 Å². The average Bonchev–Trinajstić information content (AvgIpc) is 3.47. The van der Waals surface area contributed by atoms with Crippen LogP contribution in [0.4, 0.5) is 24.5 Å². The lowest BCUT2D eigenvalue weighted by molar-refractivity contribution is -0.137. The molecule has 0 bridgehead atoms. The van der Waals surface area contributed by atoms with E-state index in [1.54, 1.807) is 10.8 Å². The van der Waals surface area contributed by atoms with Gasteiger partial charge in [-0.15, -0.1) is 0 Å². The van der Waals surface area contributed by atoms with Gasteiger partial charge in [-0.3, -0.25) is 9.52 Å². The Balaban J connectivity index is 1.93. The van der Waals surface area contributed by atoms with E-state index in [0.29, 0.717) is 24.2 Å². The molecule has 0 atom stereocenters. The molecule has 0 spiro atoms. The number of halogens is 3. The first-order valence-corrected chi connectivity index (χ1v) is 11.2. The average molecular weight is 454 g/mol. The van der Waals surface area contributed by atoms with Crippen molar-refractivity contribution in [3.63, 3.8) is 0 Å². The molecule has 0 radical (unpaired) electrons. The molecule has 166 valence electrons. The van der Waals surface area contributed by atoms with Gasteiger partial charge >= 0.3 is 6.18 Å². The summed E-state index contributed by atoms with van der Waals surface area (Å²) in [4.78, 5) is 11.9. The minimum atomic E-state index is -4.77. The van der Waals surface area contributed by atoms with Crippen LogP contribution < -0.4 is 15.6 Å². The number of rotatable bonds is 8. The van der Waals surface area contributed by atoms with Crippen LogP contribution in [0.15, 0.2) is 47.5 Å². The molecular formula is C20H21F3N4O3S. The highest BCUT2D eigenvalue weighted by Gasteiger charge is 2.34. The first-order valence-electron chi connectivity index (χ1n) is 9.33. The number of hydrogen-bond donors (Lipinski definition) is 3. The van der Waals surface area contributed by atoms with Crippen LogP contribution in [-0.2, 0) is 22.7 Å². The Morgan fingerprint density at radius 3 is 2.48 bits per heavy atom. The Hall–Kier alpha value is -3.08. The van der Waals surface area contributed by atoms with Gasteiger partial charge in [0.25, 0.3) is 5.56 Å². The number of hydrogen-bond acceptors (Lipinski definition) is 5. The number of alkyl halides is 3. The summed E-state index contributed by atoms with van der Waals surface area (Å²) in [5.41, 5.74) is -1.36. The fourth-order valence-electron chi connectivity index (χ4n) is 3.00. The molecule has 0 aliphatic heterocycles. The molecule has 0 saturated heterocycles. The van der Waals surface area contributed by atoms with Crippen LogP contribution in [0.2, 0.25) is 0 Å². The van der Waals surface area contributed by atoms with Crippen molar-refractivity contribution in [1.82, 2.24) is 4.57 Å². The Morgan fingerprint density at radius 2 is 1.90 bits per heavy atom. The van der Waals surface area contributed by atoms with E-state index in [-0.39, 0.29) is 22.4 Å². The van der Waals surface area contributed by atoms with Gasteiger partial charge in [0.2, 0.25) is 10.0 Å². The van der Waals surface area contributed by atoms with Crippen molar-refractivity contribution in [2.24, 2.45) is 5.92 Å². The van der Waals surface area contributed by atoms with Gasteiger partial charge in [0.1, 0.15) is 0 Å². The number of pyridine rings is 1. The molecule has 1 fully saturated rings. The molecule has 1 aromatic carbocycles. The van der Waals surface area contributed by atoms with Gasteiger partial charge in [-0.2, -0.15) is 13.2 Å². The van der Waals surface area contributed by atoms with Crippen molar-refractivity contribution >= 4 is 33.2 Å². The fourth-order valence-corrected chi connectivity index (χ4v) is 3.56. The van der Waals surface area contributed by atoms with Gasteiger partial charge in [0.05, 0.1) is 17.5 Å². The highest BCUT2D eigenvalue weighted by atomic mass is 32.2. The molecule has 2 aromatic rings. The van der Waals surface area contributed by atoms with E-state index in [1.807, 2.05) is 4.72 Å². The lowest BCUT2D eigenvalue weighted by Gasteiger charge is -2.16. The summed E-state index contributed by atoms with van der Waals surface area (Å²) in [5, 5.41) is 10.4. The molecule has 1 aliphatic carbocycles. The van der Waals surface area contributed by atoms with Crippen LogP contribution >= 0.6 is 0 Å². The SMILES string of the molecule is CS(=O)(=O)Nc1ccc(/C(C=N)=C/Nc2ccc(=O)n(CC3CC3)c2)c(C(F)(F)F)c1.